The standard InChI is InChI=1S/C19H22N2O2/c1-15-5-3-4-6-18(15)20-11-13-21(14-12-20)19(22)16-7-9-17(23-2)10-8-16/h3-10H,11-14H2,1-2H3. The fraction of sp³-hybridized carbons (Fsp3) is 0.316. The van der Waals surface area contributed by atoms with Crippen LogP contribution in [0.2, 0.25) is 0 Å². The van der Waals surface area contributed by atoms with Crippen LogP contribution in [0.5, 0.6) is 5.75 Å². The number of carbonyl (C=O) groups excluding carboxylic acids is 1. The number of ether oxygens (including phenoxy) is 1. The first kappa shape index (κ1) is 15.4. The minimum Gasteiger partial charge on any atom is -0.497 e. The molecule has 0 radical (unpaired) electrons. The molecular formula is C19H22N2O2. The number of carbonyl (C=O) groups is 1. The summed E-state index contributed by atoms with van der Waals surface area (Å²) in [6.07, 6.45) is 0. The van der Waals surface area contributed by atoms with Crippen LogP contribution < -0.4 is 9.64 Å². The highest BCUT2D eigenvalue weighted by Gasteiger charge is 2.22. The number of para-hydroxylation sites is 1. The molecule has 1 saturated heterocycles. The Morgan fingerprint density at radius 1 is 0.957 bits per heavy atom. The Kier molecular flexibility index (Phi) is 4.51. The van der Waals surface area contributed by atoms with E-state index in [9.17, 15) is 4.79 Å². The molecule has 0 aliphatic carbocycles. The molecule has 1 aliphatic heterocycles. The molecule has 1 aliphatic rings. The van der Waals surface area contributed by atoms with Crippen LogP contribution in [-0.2, 0) is 0 Å². The zero-order valence-corrected chi connectivity index (χ0v) is 13.7. The number of anilines is 1. The molecule has 1 fully saturated rings. The molecule has 0 saturated carbocycles. The third kappa shape index (κ3) is 3.31. The lowest BCUT2D eigenvalue weighted by Crippen LogP contribution is -2.49. The van der Waals surface area contributed by atoms with Crippen molar-refractivity contribution in [3.05, 3.63) is 59.7 Å². The monoisotopic (exact) mass is 310 g/mol. The van der Waals surface area contributed by atoms with Crippen LogP contribution in [0.1, 0.15) is 15.9 Å². The molecule has 120 valence electrons. The van der Waals surface area contributed by atoms with Gasteiger partial charge in [-0.05, 0) is 42.8 Å². The summed E-state index contributed by atoms with van der Waals surface area (Å²) in [5.41, 5.74) is 3.27. The lowest BCUT2D eigenvalue weighted by Gasteiger charge is -2.36. The molecule has 4 heteroatoms. The van der Waals surface area contributed by atoms with E-state index in [1.165, 1.54) is 11.3 Å². The Hall–Kier alpha value is -2.49. The number of rotatable bonds is 3. The average Bonchev–Trinajstić information content (AvgIpc) is 2.62. The Labute approximate surface area is 137 Å². The van der Waals surface area contributed by atoms with Gasteiger partial charge in [0.15, 0.2) is 0 Å². The largest absolute Gasteiger partial charge is 0.497 e. The maximum absolute atomic E-state index is 12.6. The van der Waals surface area contributed by atoms with Crippen molar-refractivity contribution in [3.8, 4) is 5.75 Å². The third-order valence-corrected chi connectivity index (χ3v) is 4.36. The zero-order chi connectivity index (χ0) is 16.2. The summed E-state index contributed by atoms with van der Waals surface area (Å²) in [4.78, 5) is 16.9. The van der Waals surface area contributed by atoms with Crippen molar-refractivity contribution in [3.63, 3.8) is 0 Å². The van der Waals surface area contributed by atoms with Gasteiger partial charge in [0.05, 0.1) is 7.11 Å². The molecule has 2 aromatic carbocycles. The molecule has 1 heterocycles. The van der Waals surface area contributed by atoms with Gasteiger partial charge in [0, 0.05) is 37.4 Å². The highest BCUT2D eigenvalue weighted by molar-refractivity contribution is 5.94. The lowest BCUT2D eigenvalue weighted by molar-refractivity contribution is 0.0747. The van der Waals surface area contributed by atoms with E-state index >= 15 is 0 Å². The molecule has 0 aromatic heterocycles. The van der Waals surface area contributed by atoms with Gasteiger partial charge in [0.25, 0.3) is 5.91 Å². The first-order valence-corrected chi connectivity index (χ1v) is 7.93. The first-order valence-electron chi connectivity index (χ1n) is 7.93. The molecule has 2 aromatic rings. The summed E-state index contributed by atoms with van der Waals surface area (Å²) in [7, 11) is 1.63. The Bertz CT molecular complexity index is 674. The zero-order valence-electron chi connectivity index (χ0n) is 13.7. The fourth-order valence-electron chi connectivity index (χ4n) is 2.98. The minimum absolute atomic E-state index is 0.0945. The van der Waals surface area contributed by atoms with E-state index in [-0.39, 0.29) is 5.91 Å². The van der Waals surface area contributed by atoms with Gasteiger partial charge in [0.2, 0.25) is 0 Å². The minimum atomic E-state index is 0.0945. The maximum Gasteiger partial charge on any atom is 0.253 e. The van der Waals surface area contributed by atoms with Gasteiger partial charge in [-0.25, -0.2) is 0 Å². The highest BCUT2D eigenvalue weighted by Crippen LogP contribution is 2.21. The van der Waals surface area contributed by atoms with Gasteiger partial charge < -0.3 is 14.5 Å². The van der Waals surface area contributed by atoms with Crippen LogP contribution in [0.3, 0.4) is 0 Å². The van der Waals surface area contributed by atoms with Gasteiger partial charge in [-0.2, -0.15) is 0 Å². The van der Waals surface area contributed by atoms with Crippen LogP contribution in [-0.4, -0.2) is 44.1 Å². The summed E-state index contributed by atoms with van der Waals surface area (Å²) >= 11 is 0. The van der Waals surface area contributed by atoms with Crippen molar-refractivity contribution in [2.24, 2.45) is 0 Å². The summed E-state index contributed by atoms with van der Waals surface area (Å²) in [6, 6.07) is 15.7. The van der Waals surface area contributed by atoms with E-state index in [4.69, 9.17) is 4.74 Å². The van der Waals surface area contributed by atoms with Crippen molar-refractivity contribution in [2.75, 3.05) is 38.2 Å². The fourth-order valence-corrected chi connectivity index (χ4v) is 2.98. The molecule has 0 bridgehead atoms. The number of benzene rings is 2. The number of amides is 1. The molecule has 23 heavy (non-hydrogen) atoms. The predicted octanol–water partition coefficient (Wildman–Crippen LogP) is 2.97. The summed E-state index contributed by atoms with van der Waals surface area (Å²) in [5, 5.41) is 0. The van der Waals surface area contributed by atoms with Gasteiger partial charge in [-0.3, -0.25) is 4.79 Å². The van der Waals surface area contributed by atoms with Crippen molar-refractivity contribution in [1.29, 1.82) is 0 Å². The lowest BCUT2D eigenvalue weighted by atomic mass is 10.1. The Morgan fingerprint density at radius 2 is 1.61 bits per heavy atom. The normalized spacial score (nSPS) is 14.7. The van der Waals surface area contributed by atoms with Gasteiger partial charge in [-0.15, -0.1) is 0 Å². The smallest absolute Gasteiger partial charge is 0.253 e. The Balaban J connectivity index is 1.64. The van der Waals surface area contributed by atoms with Gasteiger partial charge >= 0.3 is 0 Å². The molecule has 0 N–H and O–H groups in total. The molecule has 1 amide bonds. The molecule has 0 unspecified atom stereocenters. The second kappa shape index (κ2) is 6.73. The van der Waals surface area contributed by atoms with E-state index in [2.05, 4.69) is 36.1 Å². The number of nitrogens with zero attached hydrogens (tertiary/aromatic N) is 2. The van der Waals surface area contributed by atoms with Crippen molar-refractivity contribution < 1.29 is 9.53 Å². The number of piperazine rings is 1. The molecule has 0 atom stereocenters. The van der Waals surface area contributed by atoms with Crippen molar-refractivity contribution in [2.45, 2.75) is 6.92 Å². The predicted molar refractivity (Wildman–Crippen MR) is 92.3 cm³/mol. The van der Waals surface area contributed by atoms with E-state index in [1.807, 2.05) is 29.2 Å². The molecular weight excluding hydrogens is 288 g/mol. The van der Waals surface area contributed by atoms with Gasteiger partial charge in [-0.1, -0.05) is 18.2 Å². The Morgan fingerprint density at radius 3 is 2.22 bits per heavy atom. The number of aryl methyl sites for hydroxylation is 1. The third-order valence-electron chi connectivity index (χ3n) is 4.36. The van der Waals surface area contributed by atoms with Crippen molar-refractivity contribution in [1.82, 2.24) is 4.90 Å². The molecule has 4 nitrogen and oxygen atoms in total. The topological polar surface area (TPSA) is 32.8 Å². The number of hydrogen-bond donors (Lipinski definition) is 0. The number of hydrogen-bond acceptors (Lipinski definition) is 3. The maximum atomic E-state index is 12.6. The summed E-state index contributed by atoms with van der Waals surface area (Å²) < 4.78 is 5.14. The van der Waals surface area contributed by atoms with Crippen LogP contribution in [0.4, 0.5) is 5.69 Å². The van der Waals surface area contributed by atoms with Crippen LogP contribution in [0.15, 0.2) is 48.5 Å². The van der Waals surface area contributed by atoms with E-state index < -0.39 is 0 Å². The van der Waals surface area contributed by atoms with E-state index in [0.29, 0.717) is 0 Å². The summed E-state index contributed by atoms with van der Waals surface area (Å²) in [6.45, 7) is 5.36. The van der Waals surface area contributed by atoms with E-state index in [1.54, 1.807) is 7.11 Å². The quantitative estimate of drug-likeness (QED) is 0.874. The first-order chi connectivity index (χ1) is 11.2. The van der Waals surface area contributed by atoms with Crippen LogP contribution in [0.25, 0.3) is 0 Å². The van der Waals surface area contributed by atoms with E-state index in [0.717, 1.165) is 37.5 Å². The SMILES string of the molecule is COc1ccc(C(=O)N2CCN(c3ccccc3C)CC2)cc1. The average molecular weight is 310 g/mol. The van der Waals surface area contributed by atoms with Crippen molar-refractivity contribution >= 4 is 11.6 Å². The molecule has 3 rings (SSSR count). The van der Waals surface area contributed by atoms with Gasteiger partial charge in [0.1, 0.15) is 5.75 Å². The molecule has 0 spiro atoms. The summed E-state index contributed by atoms with van der Waals surface area (Å²) in [5.74, 6) is 0.864. The van der Waals surface area contributed by atoms with Crippen LogP contribution in [0, 0.1) is 6.92 Å². The number of methoxy groups -OCH3 is 1. The second-order valence-electron chi connectivity index (χ2n) is 5.79. The highest BCUT2D eigenvalue weighted by atomic mass is 16.5. The van der Waals surface area contributed by atoms with Crippen LogP contribution >= 0.6 is 0 Å². The second-order valence-corrected chi connectivity index (χ2v) is 5.79.